The Morgan fingerprint density at radius 3 is 2.74 bits per heavy atom. The van der Waals surface area contributed by atoms with E-state index in [1.165, 1.54) is 6.33 Å². The number of rotatable bonds is 8. The Morgan fingerprint density at radius 1 is 1.05 bits per heavy atom. The summed E-state index contributed by atoms with van der Waals surface area (Å²) >= 11 is 0. The smallest absolute Gasteiger partial charge is 0.345 e. The van der Waals surface area contributed by atoms with E-state index >= 15 is 0 Å². The molecule has 0 amide bonds. The van der Waals surface area contributed by atoms with Gasteiger partial charge in [-0.2, -0.15) is 8.78 Å². The van der Waals surface area contributed by atoms with Crippen LogP contribution in [0.1, 0.15) is 5.56 Å². The van der Waals surface area contributed by atoms with E-state index in [0.29, 0.717) is 41.6 Å². The fourth-order valence-corrected chi connectivity index (χ4v) is 4.42. The lowest BCUT2D eigenvalue weighted by molar-refractivity contribution is -0.139. The molecule has 1 aliphatic rings. The molecule has 3 aromatic heterocycles. The van der Waals surface area contributed by atoms with Crippen LogP contribution in [0.15, 0.2) is 55.2 Å². The monoisotopic (exact) mass is 518 g/mol. The van der Waals surface area contributed by atoms with E-state index in [1.807, 2.05) is 59.8 Å². The van der Waals surface area contributed by atoms with Gasteiger partial charge in [0.25, 0.3) is 0 Å². The minimum absolute atomic E-state index is 0.00841. The Morgan fingerprint density at radius 2 is 1.92 bits per heavy atom. The number of hydrogen-bond acceptors (Lipinski definition) is 9. The third-order valence-electron chi connectivity index (χ3n) is 6.42. The predicted molar refractivity (Wildman–Crippen MR) is 138 cm³/mol. The van der Waals surface area contributed by atoms with E-state index in [4.69, 9.17) is 4.74 Å². The van der Waals surface area contributed by atoms with Crippen molar-refractivity contribution in [3.63, 3.8) is 0 Å². The van der Waals surface area contributed by atoms with Gasteiger partial charge in [-0.05, 0) is 42.8 Å². The molecule has 38 heavy (non-hydrogen) atoms. The molecule has 10 nitrogen and oxygen atoms in total. The van der Waals surface area contributed by atoms with E-state index in [1.54, 1.807) is 12.5 Å². The molecule has 1 fully saturated rings. The van der Waals surface area contributed by atoms with Crippen molar-refractivity contribution in [3.8, 4) is 11.5 Å². The van der Waals surface area contributed by atoms with Gasteiger partial charge < -0.3 is 24.3 Å². The quantitative estimate of drug-likeness (QED) is 0.309. The van der Waals surface area contributed by atoms with Crippen LogP contribution in [0, 0.1) is 12.8 Å². The molecule has 1 N–H and O–H groups in total. The number of ether oxygens (including phenoxy) is 2. The highest BCUT2D eigenvalue weighted by molar-refractivity contribution is 5.87. The Hall–Kier alpha value is -4.45. The molecule has 1 saturated heterocycles. The zero-order chi connectivity index (χ0) is 26.2. The molecule has 0 atom stereocenters. The van der Waals surface area contributed by atoms with Crippen LogP contribution in [-0.2, 0) is 11.8 Å². The minimum atomic E-state index is -2.76. The molecule has 0 radical (unpaired) electrons. The molecule has 6 rings (SSSR count). The van der Waals surface area contributed by atoms with E-state index in [-0.39, 0.29) is 12.5 Å². The SMILES string of the molecule is Cc1cc(Nc2ncnc3cnc(N4CC(COC(F)F)C4)nc23)ccc1Oc1ccc2c(c1)ncn2C. The Balaban J connectivity index is 1.18. The molecule has 5 aromatic rings. The summed E-state index contributed by atoms with van der Waals surface area (Å²) in [4.78, 5) is 24.0. The largest absolute Gasteiger partial charge is 0.457 e. The van der Waals surface area contributed by atoms with Crippen LogP contribution in [0.5, 0.6) is 11.5 Å². The first-order chi connectivity index (χ1) is 18.4. The first kappa shape index (κ1) is 23.9. The fraction of sp³-hybridized carbons (Fsp3) is 0.269. The van der Waals surface area contributed by atoms with Crippen molar-refractivity contribution < 1.29 is 18.3 Å². The molecule has 0 bridgehead atoms. The van der Waals surface area contributed by atoms with Crippen LogP contribution in [0.3, 0.4) is 0 Å². The van der Waals surface area contributed by atoms with Crippen molar-refractivity contribution in [2.75, 3.05) is 29.9 Å². The predicted octanol–water partition coefficient (Wildman–Crippen LogP) is 4.83. The zero-order valence-electron chi connectivity index (χ0n) is 20.7. The summed E-state index contributed by atoms with van der Waals surface area (Å²) < 4.78 is 37.1. The highest BCUT2D eigenvalue weighted by atomic mass is 19.3. The van der Waals surface area contributed by atoms with Gasteiger partial charge in [0.05, 0.1) is 30.2 Å². The van der Waals surface area contributed by atoms with Crippen LogP contribution < -0.4 is 15.0 Å². The number of anilines is 3. The average Bonchev–Trinajstić information content (AvgIpc) is 3.24. The van der Waals surface area contributed by atoms with Gasteiger partial charge in [-0.15, -0.1) is 0 Å². The molecule has 0 aliphatic carbocycles. The van der Waals surface area contributed by atoms with Crippen molar-refractivity contribution >= 4 is 39.5 Å². The van der Waals surface area contributed by atoms with Crippen molar-refractivity contribution in [1.29, 1.82) is 0 Å². The topological polar surface area (TPSA) is 103 Å². The minimum Gasteiger partial charge on any atom is -0.457 e. The maximum Gasteiger partial charge on any atom is 0.345 e. The summed E-state index contributed by atoms with van der Waals surface area (Å²) in [5, 5.41) is 3.32. The number of nitrogens with zero attached hydrogens (tertiary/aromatic N) is 7. The molecule has 2 aromatic carbocycles. The molecule has 0 saturated carbocycles. The van der Waals surface area contributed by atoms with Crippen LogP contribution in [-0.4, -0.2) is 55.8 Å². The Labute approximate surface area is 216 Å². The molecule has 194 valence electrons. The zero-order valence-corrected chi connectivity index (χ0v) is 20.7. The van der Waals surface area contributed by atoms with Gasteiger partial charge in [-0.3, -0.25) is 0 Å². The van der Waals surface area contributed by atoms with E-state index < -0.39 is 6.61 Å². The number of alkyl halides is 2. The summed E-state index contributed by atoms with van der Waals surface area (Å²) in [5.41, 5.74) is 4.80. The molecule has 1 aliphatic heterocycles. The number of nitrogens with one attached hydrogen (secondary N) is 1. The Bertz CT molecular complexity index is 1620. The highest BCUT2D eigenvalue weighted by Gasteiger charge is 2.30. The normalized spacial score (nSPS) is 13.9. The molecule has 0 unspecified atom stereocenters. The number of imidazole rings is 1. The summed E-state index contributed by atoms with van der Waals surface area (Å²) in [6.45, 7) is 0.308. The van der Waals surface area contributed by atoms with Gasteiger partial charge in [0.15, 0.2) is 5.82 Å². The highest BCUT2D eigenvalue weighted by Crippen LogP contribution is 2.31. The van der Waals surface area contributed by atoms with Gasteiger partial charge in [0.2, 0.25) is 5.95 Å². The first-order valence-corrected chi connectivity index (χ1v) is 12.0. The van der Waals surface area contributed by atoms with Crippen molar-refractivity contribution in [2.24, 2.45) is 13.0 Å². The van der Waals surface area contributed by atoms with Crippen LogP contribution in [0.4, 0.5) is 26.2 Å². The van der Waals surface area contributed by atoms with Gasteiger partial charge in [-0.25, -0.2) is 24.9 Å². The lowest BCUT2D eigenvalue weighted by Gasteiger charge is -2.38. The number of halogens is 2. The fourth-order valence-electron chi connectivity index (χ4n) is 4.42. The van der Waals surface area contributed by atoms with Crippen LogP contribution >= 0.6 is 0 Å². The van der Waals surface area contributed by atoms with E-state index in [9.17, 15) is 8.78 Å². The summed E-state index contributed by atoms with van der Waals surface area (Å²) in [5.74, 6) is 2.48. The molecular weight excluding hydrogens is 494 g/mol. The second kappa shape index (κ2) is 9.78. The number of hydrogen-bond donors (Lipinski definition) is 1. The van der Waals surface area contributed by atoms with Gasteiger partial charge in [0, 0.05) is 37.8 Å². The van der Waals surface area contributed by atoms with Crippen molar-refractivity contribution in [1.82, 2.24) is 29.5 Å². The number of aromatic nitrogens is 6. The van der Waals surface area contributed by atoms with E-state index in [0.717, 1.165) is 28.0 Å². The van der Waals surface area contributed by atoms with Gasteiger partial charge in [0.1, 0.15) is 28.9 Å². The molecular formula is C26H24F2N8O2. The first-order valence-electron chi connectivity index (χ1n) is 12.0. The lowest BCUT2D eigenvalue weighted by Crippen LogP contribution is -2.49. The maximum atomic E-state index is 12.3. The average molecular weight is 519 g/mol. The van der Waals surface area contributed by atoms with Crippen molar-refractivity contribution in [2.45, 2.75) is 13.5 Å². The number of aryl methyl sites for hydroxylation is 2. The van der Waals surface area contributed by atoms with E-state index in [2.05, 4.69) is 35.0 Å². The van der Waals surface area contributed by atoms with Crippen LogP contribution in [0.2, 0.25) is 0 Å². The van der Waals surface area contributed by atoms with Crippen LogP contribution in [0.25, 0.3) is 22.1 Å². The number of fused-ring (bicyclic) bond motifs is 2. The second-order valence-corrected chi connectivity index (χ2v) is 9.20. The van der Waals surface area contributed by atoms with Gasteiger partial charge >= 0.3 is 6.61 Å². The van der Waals surface area contributed by atoms with Crippen molar-refractivity contribution in [3.05, 3.63) is 60.8 Å². The molecule has 4 heterocycles. The second-order valence-electron chi connectivity index (χ2n) is 9.20. The Kier molecular flexibility index (Phi) is 6.16. The summed E-state index contributed by atoms with van der Waals surface area (Å²) in [7, 11) is 1.95. The summed E-state index contributed by atoms with van der Waals surface area (Å²) in [6.07, 6.45) is 4.86. The summed E-state index contributed by atoms with van der Waals surface area (Å²) in [6, 6.07) is 11.6. The molecule has 0 spiro atoms. The third-order valence-corrected chi connectivity index (χ3v) is 6.42. The lowest BCUT2D eigenvalue weighted by atomic mass is 10.0. The standard InChI is InChI=1S/C26H24F2N8O2/c1-15-7-17(3-6-22(15)38-18-4-5-21-19(8-18)32-14-35(21)2)33-24-23-20(30-13-31-24)9-29-26(34-23)36-10-16(11-36)12-37-25(27)28/h3-9,13-14,16,25H,10-12H2,1-2H3,(H,30,31,33). The van der Waals surface area contributed by atoms with Gasteiger partial charge in [-0.1, -0.05) is 0 Å². The third kappa shape index (κ3) is 4.77. The number of benzene rings is 2. The molecule has 12 heteroatoms. The maximum absolute atomic E-state index is 12.3.